The van der Waals surface area contributed by atoms with E-state index in [1.165, 1.54) is 0 Å². The van der Waals surface area contributed by atoms with Gasteiger partial charge in [0.15, 0.2) is 11.5 Å². The summed E-state index contributed by atoms with van der Waals surface area (Å²) >= 11 is 0. The molecule has 2 aromatic rings. The fourth-order valence-electron chi connectivity index (χ4n) is 1.88. The molecule has 1 aromatic carbocycles. The number of aliphatic hydroxyl groups is 1. The molecule has 0 saturated heterocycles. The van der Waals surface area contributed by atoms with Gasteiger partial charge in [0.25, 0.3) is 0 Å². The van der Waals surface area contributed by atoms with E-state index >= 15 is 0 Å². The molecule has 2 rings (SSSR count). The van der Waals surface area contributed by atoms with Crippen LogP contribution in [0.5, 0.6) is 11.5 Å². The van der Waals surface area contributed by atoms with Gasteiger partial charge < -0.3 is 14.6 Å². The second kappa shape index (κ2) is 6.43. The van der Waals surface area contributed by atoms with Gasteiger partial charge in [0.1, 0.15) is 6.61 Å². The fourth-order valence-corrected chi connectivity index (χ4v) is 1.88. The quantitative estimate of drug-likeness (QED) is 0.881. The zero-order valence-electron chi connectivity index (χ0n) is 12.0. The van der Waals surface area contributed by atoms with Crippen LogP contribution in [0.2, 0.25) is 0 Å². The van der Waals surface area contributed by atoms with Crippen molar-refractivity contribution in [2.45, 2.75) is 33.1 Å². The van der Waals surface area contributed by atoms with Gasteiger partial charge in [0.05, 0.1) is 19.4 Å². The molecule has 0 fully saturated rings. The molecule has 1 heterocycles. The Morgan fingerprint density at radius 1 is 1.35 bits per heavy atom. The van der Waals surface area contributed by atoms with Crippen molar-refractivity contribution < 1.29 is 14.6 Å². The summed E-state index contributed by atoms with van der Waals surface area (Å²) in [6.45, 7) is 5.03. The number of benzene rings is 1. The Labute approximate surface area is 118 Å². The Balaban J connectivity index is 2.08. The molecule has 0 aliphatic heterocycles. The van der Waals surface area contributed by atoms with Gasteiger partial charge in [-0.25, -0.2) is 0 Å². The van der Waals surface area contributed by atoms with Gasteiger partial charge in [-0.15, -0.1) is 0 Å². The summed E-state index contributed by atoms with van der Waals surface area (Å²) < 4.78 is 12.9. The summed E-state index contributed by atoms with van der Waals surface area (Å²) in [4.78, 5) is 0. The average Bonchev–Trinajstić information content (AvgIpc) is 2.92. The van der Waals surface area contributed by atoms with Crippen LogP contribution in [-0.4, -0.2) is 22.0 Å². The second-order valence-corrected chi connectivity index (χ2v) is 4.58. The molecule has 0 aliphatic rings. The largest absolute Gasteiger partial charge is 0.493 e. The van der Waals surface area contributed by atoms with Gasteiger partial charge in [-0.1, -0.05) is 6.07 Å². The summed E-state index contributed by atoms with van der Waals surface area (Å²) in [5.74, 6) is 1.27. The standard InChI is InChI=1S/C15H20N2O3/c1-4-17-9-12(8-16-17)10-20-14-6-5-13(11(2)18)7-15(14)19-3/h5-9,11,18H,4,10H2,1-3H3/t11-/m0/s1. The number of methoxy groups -OCH3 is 1. The molecule has 0 unspecified atom stereocenters. The smallest absolute Gasteiger partial charge is 0.161 e. The van der Waals surface area contributed by atoms with E-state index in [0.717, 1.165) is 17.7 Å². The Hall–Kier alpha value is -2.01. The maximum absolute atomic E-state index is 9.56. The van der Waals surface area contributed by atoms with E-state index in [0.29, 0.717) is 18.1 Å². The van der Waals surface area contributed by atoms with Gasteiger partial charge in [-0.3, -0.25) is 4.68 Å². The van der Waals surface area contributed by atoms with Crippen LogP contribution >= 0.6 is 0 Å². The monoisotopic (exact) mass is 276 g/mol. The third-order valence-corrected chi connectivity index (χ3v) is 3.08. The maximum Gasteiger partial charge on any atom is 0.161 e. The van der Waals surface area contributed by atoms with Gasteiger partial charge in [0.2, 0.25) is 0 Å². The first kappa shape index (κ1) is 14.4. The third-order valence-electron chi connectivity index (χ3n) is 3.08. The molecule has 1 N–H and O–H groups in total. The Morgan fingerprint density at radius 2 is 2.15 bits per heavy atom. The van der Waals surface area contributed by atoms with Gasteiger partial charge >= 0.3 is 0 Å². The highest BCUT2D eigenvalue weighted by atomic mass is 16.5. The molecular weight excluding hydrogens is 256 g/mol. The van der Waals surface area contributed by atoms with Crippen molar-refractivity contribution in [1.82, 2.24) is 9.78 Å². The average molecular weight is 276 g/mol. The Morgan fingerprint density at radius 3 is 2.75 bits per heavy atom. The molecule has 0 aliphatic carbocycles. The topological polar surface area (TPSA) is 56.5 Å². The van der Waals surface area contributed by atoms with E-state index in [1.54, 1.807) is 26.3 Å². The molecular formula is C15H20N2O3. The molecule has 1 atom stereocenters. The number of hydrogen-bond donors (Lipinski definition) is 1. The van der Waals surface area contributed by atoms with Crippen molar-refractivity contribution >= 4 is 0 Å². The van der Waals surface area contributed by atoms with Crippen LogP contribution < -0.4 is 9.47 Å². The van der Waals surface area contributed by atoms with Crippen molar-refractivity contribution in [3.8, 4) is 11.5 Å². The predicted molar refractivity (Wildman–Crippen MR) is 75.9 cm³/mol. The molecule has 5 nitrogen and oxygen atoms in total. The highest BCUT2D eigenvalue weighted by Crippen LogP contribution is 2.30. The highest BCUT2D eigenvalue weighted by Gasteiger charge is 2.09. The van der Waals surface area contributed by atoms with Crippen molar-refractivity contribution in [2.75, 3.05) is 7.11 Å². The van der Waals surface area contributed by atoms with Crippen LogP contribution in [0.4, 0.5) is 0 Å². The second-order valence-electron chi connectivity index (χ2n) is 4.58. The van der Waals surface area contributed by atoms with E-state index in [4.69, 9.17) is 9.47 Å². The normalized spacial score (nSPS) is 12.2. The summed E-state index contributed by atoms with van der Waals surface area (Å²) in [6.07, 6.45) is 3.22. The number of nitrogens with zero attached hydrogens (tertiary/aromatic N) is 2. The van der Waals surface area contributed by atoms with Crippen LogP contribution in [-0.2, 0) is 13.2 Å². The van der Waals surface area contributed by atoms with Crippen molar-refractivity contribution in [3.63, 3.8) is 0 Å². The summed E-state index contributed by atoms with van der Waals surface area (Å²) in [5, 5.41) is 13.8. The fraction of sp³-hybridized carbons (Fsp3) is 0.400. The maximum atomic E-state index is 9.56. The van der Waals surface area contributed by atoms with Crippen LogP contribution in [0.1, 0.15) is 31.1 Å². The number of rotatable bonds is 6. The zero-order valence-corrected chi connectivity index (χ0v) is 12.0. The molecule has 0 spiro atoms. The molecule has 0 amide bonds. The number of aliphatic hydroxyl groups excluding tert-OH is 1. The highest BCUT2D eigenvalue weighted by molar-refractivity contribution is 5.43. The SMILES string of the molecule is CCn1cc(COc2ccc([C@H](C)O)cc2OC)cn1. The zero-order chi connectivity index (χ0) is 14.5. The molecule has 0 radical (unpaired) electrons. The van der Waals surface area contributed by atoms with Crippen LogP contribution in [0, 0.1) is 0 Å². The first-order valence-electron chi connectivity index (χ1n) is 6.64. The lowest BCUT2D eigenvalue weighted by molar-refractivity contribution is 0.198. The minimum absolute atomic E-state index is 0.435. The Kier molecular flexibility index (Phi) is 4.63. The van der Waals surface area contributed by atoms with Crippen LogP contribution in [0.3, 0.4) is 0 Å². The first-order valence-corrected chi connectivity index (χ1v) is 6.64. The van der Waals surface area contributed by atoms with Crippen LogP contribution in [0.15, 0.2) is 30.6 Å². The van der Waals surface area contributed by atoms with E-state index in [-0.39, 0.29) is 0 Å². The number of aryl methyl sites for hydroxylation is 1. The molecule has 5 heteroatoms. The predicted octanol–water partition coefficient (Wildman–Crippen LogP) is 2.54. The molecule has 1 aromatic heterocycles. The Bertz CT molecular complexity index is 564. The van der Waals surface area contributed by atoms with Crippen LogP contribution in [0.25, 0.3) is 0 Å². The minimum Gasteiger partial charge on any atom is -0.493 e. The van der Waals surface area contributed by atoms with E-state index in [9.17, 15) is 5.11 Å². The molecule has 0 bridgehead atoms. The van der Waals surface area contributed by atoms with Crippen molar-refractivity contribution in [3.05, 3.63) is 41.7 Å². The van der Waals surface area contributed by atoms with E-state index in [2.05, 4.69) is 5.10 Å². The van der Waals surface area contributed by atoms with Gasteiger partial charge in [0, 0.05) is 18.3 Å². The summed E-state index contributed by atoms with van der Waals surface area (Å²) in [5.41, 5.74) is 1.81. The van der Waals surface area contributed by atoms with Gasteiger partial charge in [-0.2, -0.15) is 5.10 Å². The summed E-state index contributed by atoms with van der Waals surface area (Å²) in [6, 6.07) is 5.43. The number of hydrogen-bond acceptors (Lipinski definition) is 4. The number of ether oxygens (including phenoxy) is 2. The minimum atomic E-state index is -0.527. The van der Waals surface area contributed by atoms with Gasteiger partial charge in [-0.05, 0) is 31.5 Å². The molecule has 108 valence electrons. The molecule has 20 heavy (non-hydrogen) atoms. The molecule has 0 saturated carbocycles. The first-order chi connectivity index (χ1) is 9.63. The van der Waals surface area contributed by atoms with Crippen molar-refractivity contribution in [2.24, 2.45) is 0 Å². The summed E-state index contributed by atoms with van der Waals surface area (Å²) in [7, 11) is 1.59. The number of aromatic nitrogens is 2. The lowest BCUT2D eigenvalue weighted by Gasteiger charge is -2.12. The lowest BCUT2D eigenvalue weighted by Crippen LogP contribution is -1.99. The van der Waals surface area contributed by atoms with Crippen molar-refractivity contribution in [1.29, 1.82) is 0 Å². The lowest BCUT2D eigenvalue weighted by atomic mass is 10.1. The third kappa shape index (κ3) is 3.30. The van der Waals surface area contributed by atoms with E-state index in [1.807, 2.05) is 29.9 Å². The van der Waals surface area contributed by atoms with E-state index < -0.39 is 6.10 Å².